The Balaban J connectivity index is 2.15. The summed E-state index contributed by atoms with van der Waals surface area (Å²) in [7, 11) is 2.05. The van der Waals surface area contributed by atoms with Crippen molar-refractivity contribution in [3.63, 3.8) is 0 Å². The van der Waals surface area contributed by atoms with Crippen LogP contribution in [0.15, 0.2) is 11.6 Å². The fourth-order valence-corrected chi connectivity index (χ4v) is 3.77. The molecule has 0 radical (unpaired) electrons. The Kier molecular flexibility index (Phi) is 4.95. The number of aromatic nitrogens is 1. The molecule has 3 nitrogen and oxygen atoms in total. The maximum atomic E-state index is 4.55. The molecule has 4 heteroatoms. The van der Waals surface area contributed by atoms with Crippen molar-refractivity contribution in [2.24, 2.45) is 5.92 Å². The van der Waals surface area contributed by atoms with E-state index in [1.807, 2.05) is 17.5 Å². The van der Waals surface area contributed by atoms with E-state index < -0.39 is 0 Å². The van der Waals surface area contributed by atoms with Gasteiger partial charge in [0.05, 0.1) is 6.04 Å². The molecule has 1 fully saturated rings. The van der Waals surface area contributed by atoms with Gasteiger partial charge in [0.25, 0.3) is 0 Å². The highest BCUT2D eigenvalue weighted by atomic mass is 32.1. The molecule has 0 saturated carbocycles. The summed E-state index contributed by atoms with van der Waals surface area (Å²) in [6.45, 7) is 5.80. The van der Waals surface area contributed by atoms with Gasteiger partial charge in [-0.1, -0.05) is 6.92 Å². The molecule has 17 heavy (non-hydrogen) atoms. The van der Waals surface area contributed by atoms with Gasteiger partial charge in [-0.15, -0.1) is 11.3 Å². The Morgan fingerprint density at radius 3 is 3.12 bits per heavy atom. The smallest absolute Gasteiger partial charge is 0.110 e. The van der Waals surface area contributed by atoms with E-state index in [2.05, 4.69) is 34.6 Å². The van der Waals surface area contributed by atoms with Gasteiger partial charge in [0.15, 0.2) is 0 Å². The Morgan fingerprint density at radius 1 is 1.59 bits per heavy atom. The van der Waals surface area contributed by atoms with Crippen LogP contribution in [0.3, 0.4) is 0 Å². The first-order valence-electron chi connectivity index (χ1n) is 6.64. The van der Waals surface area contributed by atoms with Crippen LogP contribution in [0.25, 0.3) is 0 Å². The molecule has 2 unspecified atom stereocenters. The lowest BCUT2D eigenvalue weighted by atomic mass is 9.89. The predicted molar refractivity (Wildman–Crippen MR) is 73.4 cm³/mol. The minimum atomic E-state index is 0.538. The van der Waals surface area contributed by atoms with Crippen molar-refractivity contribution in [1.82, 2.24) is 15.2 Å². The third kappa shape index (κ3) is 3.06. The predicted octanol–water partition coefficient (Wildman–Crippen LogP) is 2.53. The van der Waals surface area contributed by atoms with Crippen molar-refractivity contribution in [1.29, 1.82) is 0 Å². The van der Waals surface area contributed by atoms with Gasteiger partial charge in [-0.2, -0.15) is 0 Å². The molecular formula is C13H23N3S. The fourth-order valence-electron chi connectivity index (χ4n) is 2.90. The van der Waals surface area contributed by atoms with Crippen molar-refractivity contribution < 1.29 is 0 Å². The quantitative estimate of drug-likeness (QED) is 0.874. The summed E-state index contributed by atoms with van der Waals surface area (Å²) < 4.78 is 0. The number of nitrogens with zero attached hydrogens (tertiary/aromatic N) is 2. The lowest BCUT2D eigenvalue weighted by Crippen LogP contribution is -2.42. The topological polar surface area (TPSA) is 28.2 Å². The van der Waals surface area contributed by atoms with Crippen LogP contribution >= 0.6 is 11.3 Å². The summed E-state index contributed by atoms with van der Waals surface area (Å²) >= 11 is 1.81. The molecule has 1 aromatic heterocycles. The van der Waals surface area contributed by atoms with Crippen LogP contribution in [0.2, 0.25) is 0 Å². The average Bonchev–Trinajstić information content (AvgIpc) is 2.84. The van der Waals surface area contributed by atoms with Gasteiger partial charge in [0.1, 0.15) is 5.01 Å². The van der Waals surface area contributed by atoms with Gasteiger partial charge < -0.3 is 5.32 Å². The van der Waals surface area contributed by atoms with E-state index in [4.69, 9.17) is 0 Å². The summed E-state index contributed by atoms with van der Waals surface area (Å²) in [6, 6.07) is 0.538. The van der Waals surface area contributed by atoms with E-state index in [9.17, 15) is 0 Å². The van der Waals surface area contributed by atoms with Crippen LogP contribution < -0.4 is 5.32 Å². The molecule has 1 aliphatic heterocycles. The van der Waals surface area contributed by atoms with Crippen molar-refractivity contribution in [2.75, 3.05) is 26.7 Å². The molecule has 2 rings (SSSR count). The van der Waals surface area contributed by atoms with Gasteiger partial charge >= 0.3 is 0 Å². The Bertz CT molecular complexity index is 294. The first-order chi connectivity index (χ1) is 8.36. The normalized spacial score (nSPS) is 26.2. The molecule has 0 amide bonds. The maximum absolute atomic E-state index is 4.55. The van der Waals surface area contributed by atoms with E-state index in [0.717, 1.165) is 6.54 Å². The number of likely N-dealkylation sites (tertiary alicyclic amines) is 1. The van der Waals surface area contributed by atoms with E-state index >= 15 is 0 Å². The Morgan fingerprint density at radius 2 is 2.47 bits per heavy atom. The number of piperidine rings is 1. The van der Waals surface area contributed by atoms with Crippen LogP contribution in [-0.2, 0) is 0 Å². The third-order valence-electron chi connectivity index (χ3n) is 3.54. The molecule has 1 aliphatic rings. The van der Waals surface area contributed by atoms with Gasteiger partial charge in [0, 0.05) is 11.6 Å². The Labute approximate surface area is 108 Å². The lowest BCUT2D eigenvalue weighted by Gasteiger charge is -2.40. The van der Waals surface area contributed by atoms with Crippen LogP contribution in [0, 0.1) is 5.92 Å². The van der Waals surface area contributed by atoms with Gasteiger partial charge in [-0.25, -0.2) is 4.98 Å². The summed E-state index contributed by atoms with van der Waals surface area (Å²) in [5, 5.41) is 6.75. The first-order valence-corrected chi connectivity index (χ1v) is 7.52. The van der Waals surface area contributed by atoms with Crippen LogP contribution in [-0.4, -0.2) is 36.6 Å². The monoisotopic (exact) mass is 253 g/mol. The molecule has 1 saturated heterocycles. The molecule has 96 valence electrons. The highest BCUT2D eigenvalue weighted by Gasteiger charge is 2.33. The zero-order valence-corrected chi connectivity index (χ0v) is 11.7. The van der Waals surface area contributed by atoms with E-state index in [0.29, 0.717) is 12.0 Å². The minimum Gasteiger partial charge on any atom is -0.319 e. The second-order valence-electron chi connectivity index (χ2n) is 4.81. The molecule has 0 bridgehead atoms. The molecule has 2 heterocycles. The third-order valence-corrected chi connectivity index (χ3v) is 4.39. The zero-order chi connectivity index (χ0) is 12.1. The summed E-state index contributed by atoms with van der Waals surface area (Å²) in [6.07, 6.45) is 5.82. The van der Waals surface area contributed by atoms with Crippen molar-refractivity contribution >= 4 is 11.3 Å². The second kappa shape index (κ2) is 6.47. The largest absolute Gasteiger partial charge is 0.319 e. The highest BCUT2D eigenvalue weighted by molar-refractivity contribution is 7.09. The lowest BCUT2D eigenvalue weighted by molar-refractivity contribution is 0.0922. The molecule has 1 N–H and O–H groups in total. The number of hydrogen-bond acceptors (Lipinski definition) is 4. The maximum Gasteiger partial charge on any atom is 0.110 e. The van der Waals surface area contributed by atoms with Crippen LogP contribution in [0.5, 0.6) is 0 Å². The van der Waals surface area contributed by atoms with E-state index in [-0.39, 0.29) is 0 Å². The number of rotatable bonds is 5. The van der Waals surface area contributed by atoms with E-state index in [1.54, 1.807) is 0 Å². The van der Waals surface area contributed by atoms with Crippen LogP contribution in [0.4, 0.5) is 0 Å². The van der Waals surface area contributed by atoms with E-state index in [1.165, 1.54) is 37.4 Å². The molecule has 0 spiro atoms. The average molecular weight is 253 g/mol. The van der Waals surface area contributed by atoms with Gasteiger partial charge in [0.2, 0.25) is 0 Å². The summed E-state index contributed by atoms with van der Waals surface area (Å²) in [5.41, 5.74) is 0. The minimum absolute atomic E-state index is 0.538. The van der Waals surface area contributed by atoms with Gasteiger partial charge in [-0.05, 0) is 51.9 Å². The molecular weight excluding hydrogens is 230 g/mol. The van der Waals surface area contributed by atoms with Crippen LogP contribution in [0.1, 0.15) is 37.2 Å². The molecule has 2 atom stereocenters. The standard InChI is InChI=1S/C13H23N3S/c1-3-7-16-8-4-5-11(10-14-2)12(16)13-15-6-9-17-13/h6,9,11-12,14H,3-5,7-8,10H2,1-2H3. The molecule has 0 aliphatic carbocycles. The fraction of sp³-hybridized carbons (Fsp3) is 0.769. The molecule has 0 aromatic carbocycles. The van der Waals surface area contributed by atoms with Gasteiger partial charge in [-0.3, -0.25) is 4.90 Å². The van der Waals surface area contributed by atoms with Crippen molar-refractivity contribution in [3.05, 3.63) is 16.6 Å². The zero-order valence-electron chi connectivity index (χ0n) is 10.9. The second-order valence-corrected chi connectivity index (χ2v) is 5.74. The number of hydrogen-bond donors (Lipinski definition) is 1. The number of thiazole rings is 1. The molecule has 1 aromatic rings. The first kappa shape index (κ1) is 13.0. The van der Waals surface area contributed by atoms with Crippen molar-refractivity contribution in [2.45, 2.75) is 32.2 Å². The number of nitrogens with one attached hydrogen (secondary N) is 1. The summed E-state index contributed by atoms with van der Waals surface area (Å²) in [5.74, 6) is 0.714. The Hall–Kier alpha value is -0.450. The SMILES string of the molecule is CCCN1CCCC(CNC)C1c1nccs1. The van der Waals surface area contributed by atoms with Crippen molar-refractivity contribution in [3.8, 4) is 0 Å². The summed E-state index contributed by atoms with van der Waals surface area (Å²) in [4.78, 5) is 7.18. The highest BCUT2D eigenvalue weighted by Crippen LogP contribution is 2.36.